The van der Waals surface area contributed by atoms with Gasteiger partial charge in [-0.1, -0.05) is 31.5 Å². The summed E-state index contributed by atoms with van der Waals surface area (Å²) in [5.74, 6) is 0.0600. The average molecular weight is 210 g/mol. The highest BCUT2D eigenvalue weighted by atomic mass is 35.5. The molecule has 1 heterocycles. The van der Waals surface area contributed by atoms with Gasteiger partial charge in [0.05, 0.1) is 0 Å². The molecule has 1 N–H and O–H groups in total. The van der Waals surface area contributed by atoms with Gasteiger partial charge < -0.3 is 5.32 Å². The number of anilines is 1. The van der Waals surface area contributed by atoms with Crippen LogP contribution >= 0.6 is 11.6 Å². The molecule has 3 heteroatoms. The lowest BCUT2D eigenvalue weighted by molar-refractivity contribution is -0.117. The number of fused-ring (bicyclic) bond motifs is 1. The Morgan fingerprint density at radius 1 is 1.43 bits per heavy atom. The molecule has 0 radical (unpaired) electrons. The Balaban J connectivity index is 2.64. The van der Waals surface area contributed by atoms with E-state index in [0.29, 0.717) is 6.42 Å². The minimum Gasteiger partial charge on any atom is -0.326 e. The van der Waals surface area contributed by atoms with E-state index in [2.05, 4.69) is 5.32 Å². The molecule has 1 aliphatic rings. The second kappa shape index (κ2) is 2.99. The fraction of sp³-hybridized carbons (Fsp3) is 0.364. The van der Waals surface area contributed by atoms with Gasteiger partial charge in [0.2, 0.25) is 5.91 Å². The van der Waals surface area contributed by atoms with Gasteiger partial charge in [-0.15, -0.1) is 0 Å². The zero-order chi connectivity index (χ0) is 10.3. The third-order valence-corrected chi connectivity index (χ3v) is 2.88. The SMILES string of the molecule is CC1(C)CC(=O)Nc2cccc(Cl)c21. The second-order valence-corrected chi connectivity index (χ2v) is 4.68. The molecule has 1 aromatic rings. The molecule has 0 unspecified atom stereocenters. The predicted octanol–water partition coefficient (Wildman–Crippen LogP) is 2.96. The Labute approximate surface area is 88.3 Å². The van der Waals surface area contributed by atoms with E-state index < -0.39 is 0 Å². The summed E-state index contributed by atoms with van der Waals surface area (Å²) < 4.78 is 0. The molecular formula is C11H12ClNO. The van der Waals surface area contributed by atoms with Crippen molar-refractivity contribution >= 4 is 23.2 Å². The van der Waals surface area contributed by atoms with Crippen LogP contribution in [0.4, 0.5) is 5.69 Å². The molecule has 0 aliphatic carbocycles. The predicted molar refractivity (Wildman–Crippen MR) is 57.7 cm³/mol. The lowest BCUT2D eigenvalue weighted by Crippen LogP contribution is -2.32. The first-order valence-corrected chi connectivity index (χ1v) is 4.97. The molecule has 0 saturated heterocycles. The number of rotatable bonds is 0. The molecule has 0 spiro atoms. The van der Waals surface area contributed by atoms with Crippen LogP contribution in [0.2, 0.25) is 5.02 Å². The van der Waals surface area contributed by atoms with Crippen LogP contribution in [0.15, 0.2) is 18.2 Å². The van der Waals surface area contributed by atoms with Crippen LogP contribution in [-0.4, -0.2) is 5.91 Å². The maximum absolute atomic E-state index is 11.4. The number of nitrogens with one attached hydrogen (secondary N) is 1. The van der Waals surface area contributed by atoms with E-state index in [-0.39, 0.29) is 11.3 Å². The van der Waals surface area contributed by atoms with Crippen molar-refractivity contribution in [3.63, 3.8) is 0 Å². The maximum atomic E-state index is 11.4. The van der Waals surface area contributed by atoms with Gasteiger partial charge in [-0.3, -0.25) is 4.79 Å². The van der Waals surface area contributed by atoms with Crippen LogP contribution < -0.4 is 5.32 Å². The Bertz CT molecular complexity index is 398. The fourth-order valence-corrected chi connectivity index (χ4v) is 2.43. The van der Waals surface area contributed by atoms with Crippen molar-refractivity contribution in [2.75, 3.05) is 5.32 Å². The van der Waals surface area contributed by atoms with Crippen molar-refractivity contribution in [3.05, 3.63) is 28.8 Å². The first kappa shape index (κ1) is 9.53. The van der Waals surface area contributed by atoms with Gasteiger partial charge in [-0.2, -0.15) is 0 Å². The van der Waals surface area contributed by atoms with Gasteiger partial charge >= 0.3 is 0 Å². The lowest BCUT2D eigenvalue weighted by atomic mass is 9.78. The van der Waals surface area contributed by atoms with Crippen molar-refractivity contribution < 1.29 is 4.79 Å². The van der Waals surface area contributed by atoms with Gasteiger partial charge in [0.25, 0.3) is 0 Å². The van der Waals surface area contributed by atoms with Crippen molar-refractivity contribution in [3.8, 4) is 0 Å². The Morgan fingerprint density at radius 3 is 2.86 bits per heavy atom. The quantitative estimate of drug-likeness (QED) is 0.700. The summed E-state index contributed by atoms with van der Waals surface area (Å²) in [7, 11) is 0. The van der Waals surface area contributed by atoms with Crippen LogP contribution in [0.25, 0.3) is 0 Å². The molecule has 2 nitrogen and oxygen atoms in total. The van der Waals surface area contributed by atoms with E-state index in [1.54, 1.807) is 0 Å². The van der Waals surface area contributed by atoms with Gasteiger partial charge in [0.15, 0.2) is 0 Å². The van der Waals surface area contributed by atoms with Gasteiger partial charge in [0, 0.05) is 28.1 Å². The highest BCUT2D eigenvalue weighted by Gasteiger charge is 2.33. The summed E-state index contributed by atoms with van der Waals surface area (Å²) in [5.41, 5.74) is 1.72. The first-order valence-electron chi connectivity index (χ1n) is 4.59. The van der Waals surface area contributed by atoms with E-state index in [1.807, 2.05) is 32.0 Å². The third-order valence-electron chi connectivity index (χ3n) is 2.57. The number of hydrogen-bond acceptors (Lipinski definition) is 1. The summed E-state index contributed by atoms with van der Waals surface area (Å²) in [4.78, 5) is 11.4. The summed E-state index contributed by atoms with van der Waals surface area (Å²) in [6, 6.07) is 5.60. The van der Waals surface area contributed by atoms with E-state index >= 15 is 0 Å². The molecule has 0 atom stereocenters. The average Bonchev–Trinajstić information content (AvgIpc) is 2.00. The molecule has 0 saturated carbocycles. The highest BCUT2D eigenvalue weighted by molar-refractivity contribution is 6.32. The fourth-order valence-electron chi connectivity index (χ4n) is 2.00. The van der Waals surface area contributed by atoms with E-state index in [1.165, 1.54) is 0 Å². The minimum absolute atomic E-state index is 0.0600. The molecular weight excluding hydrogens is 198 g/mol. The molecule has 0 fully saturated rings. The van der Waals surface area contributed by atoms with Crippen molar-refractivity contribution in [2.45, 2.75) is 25.7 Å². The Hall–Kier alpha value is -1.02. The van der Waals surface area contributed by atoms with Crippen molar-refractivity contribution in [1.82, 2.24) is 0 Å². The van der Waals surface area contributed by atoms with Crippen molar-refractivity contribution in [1.29, 1.82) is 0 Å². The van der Waals surface area contributed by atoms with Crippen LogP contribution in [0.3, 0.4) is 0 Å². The smallest absolute Gasteiger partial charge is 0.225 e. The van der Waals surface area contributed by atoms with Crippen LogP contribution in [0.5, 0.6) is 0 Å². The largest absolute Gasteiger partial charge is 0.326 e. The molecule has 74 valence electrons. The summed E-state index contributed by atoms with van der Waals surface area (Å²) in [6.45, 7) is 4.08. The number of halogens is 1. The Kier molecular flexibility index (Phi) is 2.04. The van der Waals surface area contributed by atoms with Gasteiger partial charge in [-0.05, 0) is 12.1 Å². The number of benzene rings is 1. The normalized spacial score (nSPS) is 18.6. The maximum Gasteiger partial charge on any atom is 0.225 e. The molecule has 0 bridgehead atoms. The standard InChI is InChI=1S/C11H12ClNO/c1-11(2)6-9(14)13-8-5-3-4-7(12)10(8)11/h3-5H,6H2,1-2H3,(H,13,14). The topological polar surface area (TPSA) is 29.1 Å². The first-order chi connectivity index (χ1) is 6.50. The second-order valence-electron chi connectivity index (χ2n) is 4.27. The highest BCUT2D eigenvalue weighted by Crippen LogP contribution is 2.41. The van der Waals surface area contributed by atoms with E-state index in [9.17, 15) is 4.79 Å². The third kappa shape index (κ3) is 1.40. The summed E-state index contributed by atoms with van der Waals surface area (Å²) in [5, 5.41) is 3.56. The van der Waals surface area contributed by atoms with Crippen LogP contribution in [0, 0.1) is 0 Å². The van der Waals surface area contributed by atoms with E-state index in [4.69, 9.17) is 11.6 Å². The number of carbonyl (C=O) groups is 1. The zero-order valence-corrected chi connectivity index (χ0v) is 8.98. The Morgan fingerprint density at radius 2 is 2.14 bits per heavy atom. The van der Waals surface area contributed by atoms with E-state index in [0.717, 1.165) is 16.3 Å². The van der Waals surface area contributed by atoms with Crippen LogP contribution in [0.1, 0.15) is 25.8 Å². The lowest BCUT2D eigenvalue weighted by Gasteiger charge is -2.32. The number of amides is 1. The molecule has 1 aliphatic heterocycles. The summed E-state index contributed by atoms with van der Waals surface area (Å²) >= 11 is 6.12. The molecule has 1 amide bonds. The zero-order valence-electron chi connectivity index (χ0n) is 8.23. The summed E-state index contributed by atoms with van der Waals surface area (Å²) in [6.07, 6.45) is 0.490. The molecule has 2 rings (SSSR count). The number of carbonyl (C=O) groups excluding carboxylic acids is 1. The van der Waals surface area contributed by atoms with Gasteiger partial charge in [-0.25, -0.2) is 0 Å². The monoisotopic (exact) mass is 209 g/mol. The molecule has 0 aromatic heterocycles. The number of hydrogen-bond donors (Lipinski definition) is 1. The molecule has 1 aromatic carbocycles. The van der Waals surface area contributed by atoms with Gasteiger partial charge in [0.1, 0.15) is 0 Å². The minimum atomic E-state index is -0.171. The van der Waals surface area contributed by atoms with Crippen LogP contribution in [-0.2, 0) is 10.2 Å². The molecule has 14 heavy (non-hydrogen) atoms. The van der Waals surface area contributed by atoms with Crippen molar-refractivity contribution in [2.24, 2.45) is 0 Å².